The Balaban J connectivity index is 2.01. The smallest absolute Gasteiger partial charge is 0.219 e. The first-order chi connectivity index (χ1) is 9.79. The summed E-state index contributed by atoms with van der Waals surface area (Å²) in [6.07, 6.45) is 3.08. The van der Waals surface area contributed by atoms with Gasteiger partial charge in [0.25, 0.3) is 0 Å². The average Bonchev–Trinajstić information content (AvgIpc) is 2.46. The zero-order chi connectivity index (χ0) is 15.6. The highest BCUT2D eigenvalue weighted by Crippen LogP contribution is 2.23. The van der Waals surface area contributed by atoms with Gasteiger partial charge in [-0.25, -0.2) is 8.42 Å². The minimum Gasteiger partial charge on any atom is -0.371 e. The molecule has 6 heteroatoms. The molecule has 21 heavy (non-hydrogen) atoms. The second-order valence-corrected chi connectivity index (χ2v) is 7.63. The van der Waals surface area contributed by atoms with Gasteiger partial charge >= 0.3 is 0 Å². The van der Waals surface area contributed by atoms with Crippen LogP contribution in [0.3, 0.4) is 0 Å². The number of hydrogen-bond acceptors (Lipinski definition) is 4. The summed E-state index contributed by atoms with van der Waals surface area (Å²) in [6.45, 7) is 3.34. The van der Waals surface area contributed by atoms with Crippen molar-refractivity contribution in [1.82, 2.24) is 4.90 Å². The number of amides is 1. The van der Waals surface area contributed by atoms with Crippen molar-refractivity contribution in [1.29, 1.82) is 0 Å². The summed E-state index contributed by atoms with van der Waals surface area (Å²) in [5.74, 6) is 0.103. The number of carbonyl (C=O) groups excluding carboxylic acids is 1. The minimum atomic E-state index is -3.14. The predicted molar refractivity (Wildman–Crippen MR) is 83.2 cm³/mol. The van der Waals surface area contributed by atoms with E-state index in [-0.39, 0.29) is 5.91 Å². The van der Waals surface area contributed by atoms with Crippen molar-refractivity contribution in [2.75, 3.05) is 31.3 Å². The van der Waals surface area contributed by atoms with E-state index in [0.717, 1.165) is 31.6 Å². The molecule has 1 heterocycles. The second kappa shape index (κ2) is 6.05. The number of piperidine rings is 1. The van der Waals surface area contributed by atoms with Crippen molar-refractivity contribution in [3.05, 3.63) is 24.3 Å². The molecule has 0 bridgehead atoms. The van der Waals surface area contributed by atoms with E-state index in [9.17, 15) is 13.2 Å². The Kier molecular flexibility index (Phi) is 4.56. The van der Waals surface area contributed by atoms with Crippen molar-refractivity contribution in [3.63, 3.8) is 0 Å². The maximum absolute atomic E-state index is 11.5. The maximum Gasteiger partial charge on any atom is 0.219 e. The fourth-order valence-corrected chi connectivity index (χ4v) is 3.30. The molecule has 0 aromatic heterocycles. The molecule has 2 rings (SSSR count). The monoisotopic (exact) mass is 310 g/mol. The normalized spacial score (nSPS) is 16.8. The Bertz CT molecular complexity index is 602. The molecular weight excluding hydrogens is 288 g/mol. The van der Waals surface area contributed by atoms with Crippen LogP contribution in [0.15, 0.2) is 29.2 Å². The van der Waals surface area contributed by atoms with Crippen molar-refractivity contribution in [2.24, 2.45) is 0 Å². The molecule has 0 atom stereocenters. The number of anilines is 1. The van der Waals surface area contributed by atoms with Crippen molar-refractivity contribution >= 4 is 21.4 Å². The molecule has 1 aromatic rings. The van der Waals surface area contributed by atoms with E-state index in [2.05, 4.69) is 4.90 Å². The highest BCUT2D eigenvalue weighted by molar-refractivity contribution is 7.90. The van der Waals surface area contributed by atoms with Gasteiger partial charge in [-0.15, -0.1) is 0 Å². The molecule has 1 aliphatic rings. The van der Waals surface area contributed by atoms with E-state index >= 15 is 0 Å². The highest BCUT2D eigenvalue weighted by atomic mass is 32.2. The summed E-state index contributed by atoms with van der Waals surface area (Å²) in [5, 5.41) is 0. The van der Waals surface area contributed by atoms with E-state index in [0.29, 0.717) is 10.9 Å². The summed E-state index contributed by atoms with van der Waals surface area (Å²) < 4.78 is 22.9. The van der Waals surface area contributed by atoms with Gasteiger partial charge in [0.2, 0.25) is 5.91 Å². The first-order valence-electron chi connectivity index (χ1n) is 7.07. The first kappa shape index (κ1) is 15.8. The Labute approximate surface area is 126 Å². The largest absolute Gasteiger partial charge is 0.371 e. The van der Waals surface area contributed by atoms with Crippen molar-refractivity contribution in [3.8, 4) is 0 Å². The Morgan fingerprint density at radius 2 is 1.71 bits per heavy atom. The molecule has 1 aliphatic heterocycles. The standard InChI is InChI=1S/C15H22N2O3S/c1-12(18)16(2)13-8-10-17(11-9-13)14-4-6-15(7-5-14)21(3,19)20/h4-7,13H,8-11H2,1-3H3. The van der Waals surface area contributed by atoms with Crippen LogP contribution in [0.2, 0.25) is 0 Å². The van der Waals surface area contributed by atoms with Gasteiger partial charge in [0.15, 0.2) is 9.84 Å². The fraction of sp³-hybridized carbons (Fsp3) is 0.533. The van der Waals surface area contributed by atoms with Crippen LogP contribution in [-0.4, -0.2) is 51.7 Å². The van der Waals surface area contributed by atoms with Gasteiger partial charge in [0.1, 0.15) is 0 Å². The van der Waals surface area contributed by atoms with Gasteiger partial charge in [0, 0.05) is 45.0 Å². The van der Waals surface area contributed by atoms with Crippen LogP contribution < -0.4 is 4.90 Å². The lowest BCUT2D eigenvalue weighted by atomic mass is 10.0. The number of carbonyl (C=O) groups is 1. The topological polar surface area (TPSA) is 57.7 Å². The summed E-state index contributed by atoms with van der Waals surface area (Å²) in [5.41, 5.74) is 1.03. The summed E-state index contributed by atoms with van der Waals surface area (Å²) >= 11 is 0. The van der Waals surface area contributed by atoms with Gasteiger partial charge in [-0.1, -0.05) is 0 Å². The third kappa shape index (κ3) is 3.75. The summed E-state index contributed by atoms with van der Waals surface area (Å²) in [4.78, 5) is 15.8. The summed E-state index contributed by atoms with van der Waals surface area (Å²) in [7, 11) is -1.29. The van der Waals surface area contributed by atoms with Crippen LogP contribution in [0.5, 0.6) is 0 Å². The van der Waals surface area contributed by atoms with Crippen LogP contribution in [-0.2, 0) is 14.6 Å². The Morgan fingerprint density at radius 1 is 1.19 bits per heavy atom. The lowest BCUT2D eigenvalue weighted by Crippen LogP contribution is -2.45. The molecule has 0 unspecified atom stereocenters. The molecule has 116 valence electrons. The van der Waals surface area contributed by atoms with Crippen LogP contribution in [0.4, 0.5) is 5.69 Å². The van der Waals surface area contributed by atoms with E-state index in [1.807, 2.05) is 24.1 Å². The molecule has 1 fully saturated rings. The zero-order valence-electron chi connectivity index (χ0n) is 12.7. The van der Waals surface area contributed by atoms with E-state index < -0.39 is 9.84 Å². The summed E-state index contributed by atoms with van der Waals surface area (Å²) in [6, 6.07) is 7.31. The molecule has 0 saturated carbocycles. The quantitative estimate of drug-likeness (QED) is 0.850. The average molecular weight is 310 g/mol. The van der Waals surface area contributed by atoms with Crippen LogP contribution >= 0.6 is 0 Å². The predicted octanol–water partition coefficient (Wildman–Crippen LogP) is 1.54. The highest BCUT2D eigenvalue weighted by Gasteiger charge is 2.24. The number of nitrogens with zero attached hydrogens (tertiary/aromatic N) is 2. The van der Waals surface area contributed by atoms with Gasteiger partial charge in [0.05, 0.1) is 4.90 Å². The molecule has 1 saturated heterocycles. The zero-order valence-corrected chi connectivity index (χ0v) is 13.6. The third-order valence-electron chi connectivity index (χ3n) is 4.14. The Hall–Kier alpha value is -1.56. The van der Waals surface area contributed by atoms with Crippen molar-refractivity contribution in [2.45, 2.75) is 30.7 Å². The SMILES string of the molecule is CC(=O)N(C)C1CCN(c2ccc(S(C)(=O)=O)cc2)CC1. The number of rotatable bonds is 3. The van der Waals surface area contributed by atoms with Gasteiger partial charge < -0.3 is 9.80 Å². The van der Waals surface area contributed by atoms with Gasteiger partial charge in [-0.05, 0) is 37.1 Å². The van der Waals surface area contributed by atoms with Gasteiger partial charge in [-0.3, -0.25) is 4.79 Å². The molecule has 1 aromatic carbocycles. The lowest BCUT2D eigenvalue weighted by molar-refractivity contribution is -0.129. The number of hydrogen-bond donors (Lipinski definition) is 0. The number of sulfone groups is 1. The first-order valence-corrected chi connectivity index (χ1v) is 8.96. The molecule has 0 N–H and O–H groups in total. The molecule has 0 spiro atoms. The van der Waals surface area contributed by atoms with E-state index in [1.54, 1.807) is 19.1 Å². The minimum absolute atomic E-state index is 0.103. The third-order valence-corrected chi connectivity index (χ3v) is 5.27. The molecular formula is C15H22N2O3S. The van der Waals surface area contributed by atoms with Gasteiger partial charge in [-0.2, -0.15) is 0 Å². The van der Waals surface area contributed by atoms with Crippen molar-refractivity contribution < 1.29 is 13.2 Å². The molecule has 0 radical (unpaired) electrons. The molecule has 0 aliphatic carbocycles. The molecule has 1 amide bonds. The van der Waals surface area contributed by atoms with E-state index in [1.165, 1.54) is 6.26 Å². The van der Waals surface area contributed by atoms with Crippen LogP contribution in [0.1, 0.15) is 19.8 Å². The second-order valence-electron chi connectivity index (χ2n) is 5.61. The fourth-order valence-electron chi connectivity index (χ4n) is 2.67. The molecule has 5 nitrogen and oxygen atoms in total. The van der Waals surface area contributed by atoms with E-state index in [4.69, 9.17) is 0 Å². The van der Waals surface area contributed by atoms with Crippen LogP contribution in [0.25, 0.3) is 0 Å². The Morgan fingerprint density at radius 3 is 2.14 bits per heavy atom. The lowest BCUT2D eigenvalue weighted by Gasteiger charge is -2.37. The van der Waals surface area contributed by atoms with Crippen LogP contribution in [0, 0.1) is 0 Å². The maximum atomic E-state index is 11.5. The number of benzene rings is 1.